The van der Waals surface area contributed by atoms with Crippen LogP contribution in [0.15, 0.2) is 10.7 Å². The van der Waals surface area contributed by atoms with Gasteiger partial charge in [0.05, 0.1) is 0 Å². The molecule has 1 fully saturated rings. The van der Waals surface area contributed by atoms with E-state index >= 15 is 0 Å². The molecule has 0 atom stereocenters. The second-order valence-corrected chi connectivity index (χ2v) is 2.98. The molecule has 1 aliphatic rings. The van der Waals surface area contributed by atoms with Crippen molar-refractivity contribution in [1.29, 1.82) is 5.41 Å². The molecule has 1 N–H and O–H groups in total. The van der Waals surface area contributed by atoms with Crippen LogP contribution in [0.1, 0.15) is 31.7 Å². The monoisotopic (exact) mass is 153 g/mol. The van der Waals surface area contributed by atoms with Gasteiger partial charge in [0, 0.05) is 12.8 Å². The molecule has 4 nitrogen and oxygen atoms in total. The Morgan fingerprint density at radius 1 is 1.55 bits per heavy atom. The highest BCUT2D eigenvalue weighted by Crippen LogP contribution is 2.23. The van der Waals surface area contributed by atoms with E-state index in [1.54, 1.807) is 10.9 Å². The summed E-state index contributed by atoms with van der Waals surface area (Å²) in [6, 6.07) is 0.484. The second kappa shape index (κ2) is 2.53. The fourth-order valence-corrected chi connectivity index (χ4v) is 1.60. The van der Waals surface area contributed by atoms with Crippen LogP contribution in [0.4, 0.5) is 0 Å². The van der Waals surface area contributed by atoms with E-state index in [2.05, 4.69) is 9.79 Å². The molecule has 0 radical (unpaired) electrons. The minimum Gasteiger partial charge on any atom is -0.487 e. The van der Waals surface area contributed by atoms with Gasteiger partial charge < -0.3 is 4.52 Å². The van der Waals surface area contributed by atoms with Gasteiger partial charge in [-0.3, -0.25) is 10.7 Å². The summed E-state index contributed by atoms with van der Waals surface area (Å²) in [5.41, 5.74) is 0.150. The molecule has 0 aromatic carbocycles. The molecular formula is C7H11N3O. The highest BCUT2D eigenvalue weighted by Gasteiger charge is 2.21. The van der Waals surface area contributed by atoms with Gasteiger partial charge in [0.15, 0.2) is 0 Å². The lowest BCUT2D eigenvalue weighted by molar-refractivity contribution is -0.789. The number of hydrogen-bond donors (Lipinski definition) is 1. The lowest BCUT2D eigenvalue weighted by atomic mass is 10.3. The van der Waals surface area contributed by atoms with Crippen LogP contribution >= 0.6 is 0 Å². The minimum absolute atomic E-state index is 0.150. The van der Waals surface area contributed by atoms with Crippen LogP contribution in [0.25, 0.3) is 0 Å². The highest BCUT2D eigenvalue weighted by atomic mass is 16.5. The maximum atomic E-state index is 7.13. The van der Waals surface area contributed by atoms with Crippen molar-refractivity contribution in [3.8, 4) is 0 Å². The van der Waals surface area contributed by atoms with Crippen LogP contribution in [-0.4, -0.2) is 0 Å². The molecule has 2 rings (SSSR count). The van der Waals surface area contributed by atoms with Crippen molar-refractivity contribution in [3.63, 3.8) is 0 Å². The first-order chi connectivity index (χ1) is 5.36. The predicted molar refractivity (Wildman–Crippen MR) is 35.6 cm³/mol. The molecule has 1 heterocycles. The van der Waals surface area contributed by atoms with Crippen LogP contribution in [0.3, 0.4) is 0 Å². The molecule has 0 amide bonds. The van der Waals surface area contributed by atoms with E-state index in [-0.39, 0.29) is 5.55 Å². The quantitative estimate of drug-likeness (QED) is 0.582. The Bertz CT molecular complexity index is 282. The first-order valence-electron chi connectivity index (χ1n) is 3.96. The number of rotatable bonds is 1. The lowest BCUT2D eigenvalue weighted by Crippen LogP contribution is -2.41. The first-order valence-corrected chi connectivity index (χ1v) is 3.96. The average Bonchev–Trinajstić information content (AvgIpc) is 2.55. The number of hydrogen-bond acceptors (Lipinski definition) is 2. The van der Waals surface area contributed by atoms with Gasteiger partial charge in [-0.05, 0) is 12.8 Å². The third kappa shape index (κ3) is 1.20. The fourth-order valence-electron chi connectivity index (χ4n) is 1.60. The first kappa shape index (κ1) is 6.64. The standard InChI is InChI=1S/C7H11N3O/c8-7-5-10(9-11-7)6-3-1-2-4-6/h5-6,8H,1-4H2. The molecule has 0 saturated heterocycles. The van der Waals surface area contributed by atoms with Crippen molar-refractivity contribution >= 4 is 0 Å². The normalized spacial score (nSPS) is 19.3. The second-order valence-electron chi connectivity index (χ2n) is 2.98. The third-order valence-corrected chi connectivity index (χ3v) is 2.18. The van der Waals surface area contributed by atoms with Gasteiger partial charge >= 0.3 is 0 Å². The molecule has 0 aliphatic heterocycles. The number of aromatic nitrogens is 2. The van der Waals surface area contributed by atoms with Crippen molar-refractivity contribution in [3.05, 3.63) is 11.8 Å². The lowest BCUT2D eigenvalue weighted by Gasteiger charge is -2.03. The van der Waals surface area contributed by atoms with E-state index in [4.69, 9.17) is 5.41 Å². The molecule has 1 aromatic heterocycles. The van der Waals surface area contributed by atoms with Crippen molar-refractivity contribution in [2.24, 2.45) is 0 Å². The zero-order chi connectivity index (χ0) is 7.68. The Morgan fingerprint density at radius 3 is 2.82 bits per heavy atom. The molecule has 1 saturated carbocycles. The van der Waals surface area contributed by atoms with Crippen LogP contribution in [0, 0.1) is 5.41 Å². The molecular weight excluding hydrogens is 142 g/mol. The Labute approximate surface area is 64.3 Å². The summed E-state index contributed by atoms with van der Waals surface area (Å²) in [6.07, 6.45) is 6.55. The van der Waals surface area contributed by atoms with Crippen LogP contribution in [-0.2, 0) is 0 Å². The maximum absolute atomic E-state index is 7.13. The Morgan fingerprint density at radius 2 is 2.27 bits per heavy atom. The Kier molecular flexibility index (Phi) is 1.52. The summed E-state index contributed by atoms with van der Waals surface area (Å²) in [5.74, 6) is 0. The third-order valence-electron chi connectivity index (χ3n) is 2.18. The van der Waals surface area contributed by atoms with E-state index in [1.165, 1.54) is 25.7 Å². The van der Waals surface area contributed by atoms with Crippen LogP contribution in [0.5, 0.6) is 0 Å². The molecule has 11 heavy (non-hydrogen) atoms. The molecule has 0 unspecified atom stereocenters. The number of nitrogens with one attached hydrogen (secondary N) is 1. The molecule has 1 aromatic rings. The molecule has 60 valence electrons. The van der Waals surface area contributed by atoms with Gasteiger partial charge in [0.25, 0.3) is 5.55 Å². The molecule has 0 spiro atoms. The summed E-state index contributed by atoms with van der Waals surface area (Å²) in [5, 5.41) is 10.9. The van der Waals surface area contributed by atoms with Crippen molar-refractivity contribution in [2.75, 3.05) is 0 Å². The van der Waals surface area contributed by atoms with Crippen LogP contribution in [0.2, 0.25) is 0 Å². The van der Waals surface area contributed by atoms with Crippen LogP contribution < -0.4 is 15.5 Å². The summed E-state index contributed by atoms with van der Waals surface area (Å²) in [6.45, 7) is 0. The summed E-state index contributed by atoms with van der Waals surface area (Å²) < 4.78 is 6.43. The van der Waals surface area contributed by atoms with E-state index in [1.807, 2.05) is 0 Å². The van der Waals surface area contributed by atoms with Crippen molar-refractivity contribution < 1.29 is 9.20 Å². The van der Waals surface area contributed by atoms with E-state index in [0.717, 1.165) is 0 Å². The van der Waals surface area contributed by atoms with Gasteiger partial charge in [-0.25, -0.2) is 4.68 Å². The van der Waals surface area contributed by atoms with Crippen molar-refractivity contribution in [1.82, 2.24) is 5.27 Å². The zero-order valence-corrected chi connectivity index (χ0v) is 6.29. The van der Waals surface area contributed by atoms with Gasteiger partial charge in [0.1, 0.15) is 6.04 Å². The topological polar surface area (TPSA) is 55.0 Å². The predicted octanol–water partition coefficient (Wildman–Crippen LogP) is 0.119. The van der Waals surface area contributed by atoms with Crippen molar-refractivity contribution in [2.45, 2.75) is 31.7 Å². The largest absolute Gasteiger partial charge is 0.487 e. The minimum atomic E-state index is 0.150. The Hall–Kier alpha value is -1.06. The summed E-state index contributed by atoms with van der Waals surface area (Å²) in [4.78, 5) is 0. The van der Waals surface area contributed by atoms with Gasteiger partial charge in [-0.2, -0.15) is 0 Å². The molecule has 0 bridgehead atoms. The number of nitrogens with zero attached hydrogens (tertiary/aromatic N) is 2. The summed E-state index contributed by atoms with van der Waals surface area (Å²) >= 11 is 0. The highest BCUT2D eigenvalue weighted by molar-refractivity contribution is 4.60. The molecule has 4 heteroatoms. The Balaban J connectivity index is 2.21. The van der Waals surface area contributed by atoms with Gasteiger partial charge in [0.2, 0.25) is 6.20 Å². The fraction of sp³-hybridized carbons (Fsp3) is 0.714. The van der Waals surface area contributed by atoms with Gasteiger partial charge in [-0.15, -0.1) is 0 Å². The van der Waals surface area contributed by atoms with E-state index in [9.17, 15) is 0 Å². The van der Waals surface area contributed by atoms with E-state index < -0.39 is 0 Å². The average molecular weight is 153 g/mol. The SMILES string of the molecule is N=c1c[n+](C2CCCC2)[n-]o1. The summed E-state index contributed by atoms with van der Waals surface area (Å²) in [7, 11) is 0. The van der Waals surface area contributed by atoms with Gasteiger partial charge in [-0.1, -0.05) is 0 Å². The zero-order valence-electron chi connectivity index (χ0n) is 6.29. The smallest absolute Gasteiger partial charge is 0.264 e. The molecule has 1 aliphatic carbocycles. The van der Waals surface area contributed by atoms with E-state index in [0.29, 0.717) is 6.04 Å². The maximum Gasteiger partial charge on any atom is 0.264 e.